The zero-order valence-corrected chi connectivity index (χ0v) is 11.0. The number of pyridine rings is 1. The van der Waals surface area contributed by atoms with E-state index in [1.54, 1.807) is 20.4 Å². The fourth-order valence-corrected chi connectivity index (χ4v) is 1.96. The SMILES string of the molecule is COc1ccc(C(NN)c2cccnc2OC)cc1. The van der Waals surface area contributed by atoms with Crippen LogP contribution in [-0.4, -0.2) is 19.2 Å². The fraction of sp³-hybridized carbons (Fsp3) is 0.214. The average molecular weight is 259 g/mol. The summed E-state index contributed by atoms with van der Waals surface area (Å²) in [7, 11) is 3.23. The minimum Gasteiger partial charge on any atom is -0.497 e. The molecule has 0 spiro atoms. The number of nitrogens with two attached hydrogens (primary N) is 1. The first-order chi connectivity index (χ1) is 9.30. The predicted octanol–water partition coefficient (Wildman–Crippen LogP) is 1.65. The molecule has 1 atom stereocenters. The largest absolute Gasteiger partial charge is 0.497 e. The first kappa shape index (κ1) is 13.3. The molecule has 0 aliphatic heterocycles. The van der Waals surface area contributed by atoms with Gasteiger partial charge in [-0.2, -0.15) is 0 Å². The molecule has 0 aliphatic rings. The summed E-state index contributed by atoms with van der Waals surface area (Å²) in [6.07, 6.45) is 1.68. The van der Waals surface area contributed by atoms with Crippen LogP contribution in [0.2, 0.25) is 0 Å². The van der Waals surface area contributed by atoms with Crippen molar-refractivity contribution in [3.05, 3.63) is 53.7 Å². The number of benzene rings is 1. The van der Waals surface area contributed by atoms with Gasteiger partial charge in [-0.15, -0.1) is 0 Å². The molecule has 1 aromatic carbocycles. The summed E-state index contributed by atoms with van der Waals surface area (Å²) in [5.41, 5.74) is 4.68. The van der Waals surface area contributed by atoms with Crippen LogP contribution in [-0.2, 0) is 0 Å². The number of hydrogen-bond donors (Lipinski definition) is 2. The van der Waals surface area contributed by atoms with E-state index in [4.69, 9.17) is 15.3 Å². The molecule has 0 aliphatic carbocycles. The van der Waals surface area contributed by atoms with Crippen LogP contribution in [0.1, 0.15) is 17.2 Å². The Morgan fingerprint density at radius 3 is 2.42 bits per heavy atom. The van der Waals surface area contributed by atoms with Gasteiger partial charge in [0.2, 0.25) is 5.88 Å². The Labute approximate surface area is 112 Å². The summed E-state index contributed by atoms with van der Waals surface area (Å²) in [5, 5.41) is 0. The molecule has 5 nitrogen and oxygen atoms in total. The fourth-order valence-electron chi connectivity index (χ4n) is 1.96. The maximum atomic E-state index is 5.67. The summed E-state index contributed by atoms with van der Waals surface area (Å²) in [4.78, 5) is 4.18. The summed E-state index contributed by atoms with van der Waals surface area (Å²) in [5.74, 6) is 7.03. The van der Waals surface area contributed by atoms with Crippen LogP contribution in [0, 0.1) is 0 Å². The number of aromatic nitrogens is 1. The molecule has 2 rings (SSSR count). The van der Waals surface area contributed by atoms with Crippen LogP contribution >= 0.6 is 0 Å². The standard InChI is InChI=1S/C14H17N3O2/c1-18-11-7-5-10(6-8-11)13(17-15)12-4-3-9-16-14(12)19-2/h3-9,13,17H,15H2,1-2H3. The highest BCUT2D eigenvalue weighted by Gasteiger charge is 2.17. The smallest absolute Gasteiger partial charge is 0.218 e. The van der Waals surface area contributed by atoms with E-state index in [2.05, 4.69) is 10.4 Å². The Kier molecular flexibility index (Phi) is 4.33. The summed E-state index contributed by atoms with van der Waals surface area (Å²) >= 11 is 0. The molecule has 2 aromatic rings. The molecule has 19 heavy (non-hydrogen) atoms. The van der Waals surface area contributed by atoms with E-state index in [1.165, 1.54) is 0 Å². The molecule has 0 bridgehead atoms. The number of nitrogens with zero attached hydrogens (tertiary/aromatic N) is 1. The normalized spacial score (nSPS) is 11.9. The summed E-state index contributed by atoms with van der Waals surface area (Å²) in [6.45, 7) is 0. The number of ether oxygens (including phenoxy) is 2. The maximum absolute atomic E-state index is 5.67. The number of nitrogens with one attached hydrogen (secondary N) is 1. The van der Waals surface area contributed by atoms with Gasteiger partial charge in [0.1, 0.15) is 5.75 Å². The number of hydrazine groups is 1. The van der Waals surface area contributed by atoms with Crippen molar-refractivity contribution in [2.75, 3.05) is 14.2 Å². The number of hydrogen-bond acceptors (Lipinski definition) is 5. The van der Waals surface area contributed by atoms with Crippen LogP contribution in [0.5, 0.6) is 11.6 Å². The second-order valence-electron chi connectivity index (χ2n) is 3.97. The lowest BCUT2D eigenvalue weighted by molar-refractivity contribution is 0.387. The lowest BCUT2D eigenvalue weighted by atomic mass is 10.0. The molecule has 0 amide bonds. The minimum atomic E-state index is -0.186. The molecule has 0 radical (unpaired) electrons. The average Bonchev–Trinajstić information content (AvgIpc) is 2.49. The molecule has 5 heteroatoms. The molecule has 0 saturated heterocycles. The zero-order valence-electron chi connectivity index (χ0n) is 11.0. The molecule has 0 fully saturated rings. The second kappa shape index (κ2) is 6.17. The molecule has 1 aromatic heterocycles. The van der Waals surface area contributed by atoms with Gasteiger partial charge >= 0.3 is 0 Å². The number of rotatable bonds is 5. The first-order valence-corrected chi connectivity index (χ1v) is 5.89. The Morgan fingerprint density at radius 1 is 1.11 bits per heavy atom. The van der Waals surface area contributed by atoms with E-state index in [1.807, 2.05) is 36.4 Å². The van der Waals surface area contributed by atoms with Gasteiger partial charge in [-0.05, 0) is 23.8 Å². The van der Waals surface area contributed by atoms with Gasteiger partial charge in [0, 0.05) is 11.8 Å². The summed E-state index contributed by atoms with van der Waals surface area (Å²) < 4.78 is 10.4. The van der Waals surface area contributed by atoms with Crippen molar-refractivity contribution in [1.82, 2.24) is 10.4 Å². The van der Waals surface area contributed by atoms with Crippen molar-refractivity contribution in [1.29, 1.82) is 0 Å². The number of methoxy groups -OCH3 is 2. The topological polar surface area (TPSA) is 69.4 Å². The Balaban J connectivity index is 2.37. The molecule has 1 unspecified atom stereocenters. The third-order valence-corrected chi connectivity index (χ3v) is 2.92. The van der Waals surface area contributed by atoms with Crippen molar-refractivity contribution in [2.45, 2.75) is 6.04 Å². The monoisotopic (exact) mass is 259 g/mol. The lowest BCUT2D eigenvalue weighted by Gasteiger charge is -2.18. The Morgan fingerprint density at radius 2 is 1.84 bits per heavy atom. The zero-order chi connectivity index (χ0) is 13.7. The minimum absolute atomic E-state index is 0.186. The predicted molar refractivity (Wildman–Crippen MR) is 72.9 cm³/mol. The molecule has 0 saturated carbocycles. The Hall–Kier alpha value is -2.11. The molecule has 3 N–H and O–H groups in total. The van der Waals surface area contributed by atoms with E-state index >= 15 is 0 Å². The van der Waals surface area contributed by atoms with Crippen LogP contribution < -0.4 is 20.7 Å². The van der Waals surface area contributed by atoms with E-state index in [9.17, 15) is 0 Å². The highest BCUT2D eigenvalue weighted by atomic mass is 16.5. The van der Waals surface area contributed by atoms with Crippen molar-refractivity contribution in [3.8, 4) is 11.6 Å². The summed E-state index contributed by atoms with van der Waals surface area (Å²) in [6, 6.07) is 11.3. The van der Waals surface area contributed by atoms with Gasteiger partial charge in [0.25, 0.3) is 0 Å². The maximum Gasteiger partial charge on any atom is 0.218 e. The van der Waals surface area contributed by atoms with Gasteiger partial charge in [0.15, 0.2) is 0 Å². The van der Waals surface area contributed by atoms with Crippen molar-refractivity contribution >= 4 is 0 Å². The molecule has 1 heterocycles. The third kappa shape index (κ3) is 2.83. The van der Waals surface area contributed by atoms with Crippen molar-refractivity contribution < 1.29 is 9.47 Å². The van der Waals surface area contributed by atoms with Gasteiger partial charge in [-0.1, -0.05) is 18.2 Å². The van der Waals surface area contributed by atoms with E-state index in [-0.39, 0.29) is 6.04 Å². The van der Waals surface area contributed by atoms with Gasteiger partial charge in [0.05, 0.1) is 20.3 Å². The van der Waals surface area contributed by atoms with Crippen LogP contribution in [0.25, 0.3) is 0 Å². The third-order valence-electron chi connectivity index (χ3n) is 2.92. The van der Waals surface area contributed by atoms with Gasteiger partial charge in [-0.3, -0.25) is 5.84 Å². The quantitative estimate of drug-likeness (QED) is 0.631. The first-order valence-electron chi connectivity index (χ1n) is 5.89. The molecule has 100 valence electrons. The van der Waals surface area contributed by atoms with Crippen LogP contribution in [0.4, 0.5) is 0 Å². The van der Waals surface area contributed by atoms with Crippen molar-refractivity contribution in [3.63, 3.8) is 0 Å². The van der Waals surface area contributed by atoms with Gasteiger partial charge < -0.3 is 9.47 Å². The van der Waals surface area contributed by atoms with E-state index in [0.717, 1.165) is 16.9 Å². The molecular formula is C14H17N3O2. The highest BCUT2D eigenvalue weighted by Crippen LogP contribution is 2.28. The van der Waals surface area contributed by atoms with E-state index in [0.29, 0.717) is 5.88 Å². The van der Waals surface area contributed by atoms with Crippen molar-refractivity contribution in [2.24, 2.45) is 5.84 Å². The Bertz CT molecular complexity index is 528. The molecular weight excluding hydrogens is 242 g/mol. The highest BCUT2D eigenvalue weighted by molar-refractivity contribution is 5.39. The van der Waals surface area contributed by atoms with Crippen LogP contribution in [0.3, 0.4) is 0 Å². The van der Waals surface area contributed by atoms with E-state index < -0.39 is 0 Å². The van der Waals surface area contributed by atoms with Gasteiger partial charge in [-0.25, -0.2) is 10.4 Å². The second-order valence-corrected chi connectivity index (χ2v) is 3.97. The van der Waals surface area contributed by atoms with Crippen LogP contribution in [0.15, 0.2) is 42.6 Å². The lowest BCUT2D eigenvalue weighted by Crippen LogP contribution is -2.29.